The minimum atomic E-state index is -0.251. The maximum absolute atomic E-state index is 12.8. The number of likely N-dealkylation sites (N-methyl/N-ethyl adjacent to an activating group) is 1. The fourth-order valence-electron chi connectivity index (χ4n) is 3.60. The van der Waals surface area contributed by atoms with E-state index < -0.39 is 0 Å². The molecule has 4 rings (SSSR count). The second-order valence-electron chi connectivity index (χ2n) is 6.39. The van der Waals surface area contributed by atoms with Gasteiger partial charge >= 0.3 is 0 Å². The summed E-state index contributed by atoms with van der Waals surface area (Å²) in [5, 5.41) is 12.2. The number of amides is 1. The van der Waals surface area contributed by atoms with E-state index in [0.29, 0.717) is 13.0 Å². The molecule has 1 N–H and O–H groups in total. The molecule has 1 amide bonds. The van der Waals surface area contributed by atoms with Crippen LogP contribution in [0.15, 0.2) is 30.3 Å². The zero-order valence-corrected chi connectivity index (χ0v) is 13.3. The van der Waals surface area contributed by atoms with Crippen LogP contribution in [0.1, 0.15) is 42.1 Å². The number of carbonyl (C=O) groups excluding carboxylic acids is 1. The molecule has 1 aromatic heterocycles. The molecule has 2 atom stereocenters. The van der Waals surface area contributed by atoms with Gasteiger partial charge in [0.15, 0.2) is 11.6 Å². The van der Waals surface area contributed by atoms with Crippen molar-refractivity contribution >= 4 is 5.91 Å². The van der Waals surface area contributed by atoms with Gasteiger partial charge in [0.25, 0.3) is 0 Å². The number of rotatable bonds is 3. The van der Waals surface area contributed by atoms with E-state index in [1.165, 1.54) is 0 Å². The minimum Gasteiger partial charge on any atom is -0.336 e. The van der Waals surface area contributed by atoms with Crippen molar-refractivity contribution in [2.75, 3.05) is 13.6 Å². The topological polar surface area (TPSA) is 63.1 Å². The smallest absolute Gasteiger partial charge is 0.246 e. The van der Waals surface area contributed by atoms with Crippen molar-refractivity contribution in [2.45, 2.75) is 37.9 Å². The number of hydrogen-bond donors (Lipinski definition) is 1. The van der Waals surface area contributed by atoms with Gasteiger partial charge in [-0.15, -0.1) is 10.2 Å². The SMILES string of the molecule is CN1Cc2nnc(C3CCCN3)n2[C@H](Cc2ccccc2)C1=O. The molecule has 3 heterocycles. The summed E-state index contributed by atoms with van der Waals surface area (Å²) in [6.45, 7) is 1.54. The highest BCUT2D eigenvalue weighted by molar-refractivity contribution is 5.81. The predicted octanol–water partition coefficient (Wildman–Crippen LogP) is 1.46. The van der Waals surface area contributed by atoms with Crippen molar-refractivity contribution in [3.05, 3.63) is 47.5 Å². The maximum atomic E-state index is 12.8. The van der Waals surface area contributed by atoms with Gasteiger partial charge < -0.3 is 10.2 Å². The summed E-state index contributed by atoms with van der Waals surface area (Å²) in [6.07, 6.45) is 2.87. The maximum Gasteiger partial charge on any atom is 0.246 e. The van der Waals surface area contributed by atoms with Crippen molar-refractivity contribution in [3.63, 3.8) is 0 Å². The molecule has 1 saturated heterocycles. The molecule has 0 spiro atoms. The average molecular weight is 311 g/mol. The van der Waals surface area contributed by atoms with Gasteiger partial charge in [-0.2, -0.15) is 0 Å². The highest BCUT2D eigenvalue weighted by Crippen LogP contribution is 2.30. The van der Waals surface area contributed by atoms with E-state index in [0.717, 1.165) is 36.6 Å². The number of nitrogens with zero attached hydrogens (tertiary/aromatic N) is 4. The summed E-state index contributed by atoms with van der Waals surface area (Å²) >= 11 is 0. The molecule has 1 aromatic carbocycles. The third-order valence-corrected chi connectivity index (χ3v) is 4.79. The van der Waals surface area contributed by atoms with E-state index >= 15 is 0 Å². The van der Waals surface area contributed by atoms with E-state index in [4.69, 9.17) is 0 Å². The standard InChI is InChI=1S/C17H21N5O/c1-21-11-15-19-20-16(13-8-5-9-18-13)22(15)14(17(21)23)10-12-6-3-2-4-7-12/h2-4,6-7,13-14,18H,5,8-11H2,1H3/t13?,14-/m1/s1. The summed E-state index contributed by atoms with van der Waals surface area (Å²) in [5.74, 6) is 1.94. The van der Waals surface area contributed by atoms with Crippen LogP contribution >= 0.6 is 0 Å². The molecule has 120 valence electrons. The summed E-state index contributed by atoms with van der Waals surface area (Å²) in [5.41, 5.74) is 1.16. The van der Waals surface area contributed by atoms with Gasteiger partial charge in [-0.25, -0.2) is 0 Å². The van der Waals surface area contributed by atoms with E-state index in [1.807, 2.05) is 25.2 Å². The van der Waals surface area contributed by atoms with E-state index in [2.05, 4.69) is 32.2 Å². The molecule has 2 aliphatic heterocycles. The Balaban J connectivity index is 1.73. The molecule has 1 fully saturated rings. The van der Waals surface area contributed by atoms with Gasteiger partial charge in [0.05, 0.1) is 12.6 Å². The Morgan fingerprint density at radius 1 is 1.26 bits per heavy atom. The zero-order chi connectivity index (χ0) is 15.8. The van der Waals surface area contributed by atoms with Gasteiger partial charge in [-0.05, 0) is 24.9 Å². The molecule has 0 aliphatic carbocycles. The number of aromatic nitrogens is 3. The molecule has 1 unspecified atom stereocenters. The molecule has 2 aliphatic rings. The first kappa shape index (κ1) is 14.4. The van der Waals surface area contributed by atoms with Crippen LogP contribution in [0.2, 0.25) is 0 Å². The van der Waals surface area contributed by atoms with Crippen LogP contribution in [0.5, 0.6) is 0 Å². The number of hydrogen-bond acceptors (Lipinski definition) is 4. The van der Waals surface area contributed by atoms with Gasteiger partial charge in [0, 0.05) is 13.5 Å². The molecule has 6 nitrogen and oxygen atoms in total. The first-order valence-corrected chi connectivity index (χ1v) is 8.20. The molecule has 23 heavy (non-hydrogen) atoms. The number of carbonyl (C=O) groups is 1. The second kappa shape index (κ2) is 5.77. The predicted molar refractivity (Wildman–Crippen MR) is 85.7 cm³/mol. The van der Waals surface area contributed by atoms with Gasteiger partial charge in [0.1, 0.15) is 6.04 Å². The Morgan fingerprint density at radius 2 is 2.09 bits per heavy atom. The van der Waals surface area contributed by atoms with E-state index in [-0.39, 0.29) is 18.0 Å². The second-order valence-corrected chi connectivity index (χ2v) is 6.39. The normalized spacial score (nSPS) is 24.0. The highest BCUT2D eigenvalue weighted by Gasteiger charge is 2.36. The number of nitrogens with one attached hydrogen (secondary N) is 1. The van der Waals surface area contributed by atoms with Crippen LogP contribution in [0.4, 0.5) is 0 Å². The first-order valence-electron chi connectivity index (χ1n) is 8.20. The van der Waals surface area contributed by atoms with Crippen LogP contribution in [-0.2, 0) is 17.8 Å². The Bertz CT molecular complexity index is 705. The lowest BCUT2D eigenvalue weighted by Crippen LogP contribution is -2.42. The lowest BCUT2D eigenvalue weighted by Gasteiger charge is -2.32. The van der Waals surface area contributed by atoms with Crippen molar-refractivity contribution < 1.29 is 4.79 Å². The van der Waals surface area contributed by atoms with Crippen LogP contribution in [0.25, 0.3) is 0 Å². The molecular weight excluding hydrogens is 290 g/mol. The van der Waals surface area contributed by atoms with Crippen molar-refractivity contribution in [1.29, 1.82) is 0 Å². The van der Waals surface area contributed by atoms with E-state index in [1.54, 1.807) is 4.90 Å². The fraction of sp³-hybridized carbons (Fsp3) is 0.471. The monoisotopic (exact) mass is 311 g/mol. The first-order chi connectivity index (χ1) is 11.2. The van der Waals surface area contributed by atoms with Gasteiger partial charge in [0.2, 0.25) is 5.91 Å². The zero-order valence-electron chi connectivity index (χ0n) is 13.3. The number of fused-ring (bicyclic) bond motifs is 1. The third kappa shape index (κ3) is 2.53. The van der Waals surface area contributed by atoms with E-state index in [9.17, 15) is 4.79 Å². The Labute approximate surface area is 135 Å². The van der Waals surface area contributed by atoms with Crippen molar-refractivity contribution in [3.8, 4) is 0 Å². The van der Waals surface area contributed by atoms with Gasteiger partial charge in [-0.1, -0.05) is 30.3 Å². The lowest BCUT2D eigenvalue weighted by atomic mass is 10.0. The quantitative estimate of drug-likeness (QED) is 0.932. The van der Waals surface area contributed by atoms with Crippen LogP contribution in [-0.4, -0.2) is 39.2 Å². The Morgan fingerprint density at radius 3 is 2.83 bits per heavy atom. The summed E-state index contributed by atoms with van der Waals surface area (Å²) in [7, 11) is 1.84. The van der Waals surface area contributed by atoms with Crippen molar-refractivity contribution in [1.82, 2.24) is 25.0 Å². The molecule has 0 radical (unpaired) electrons. The Kier molecular flexibility index (Phi) is 3.61. The lowest BCUT2D eigenvalue weighted by molar-refractivity contribution is -0.136. The molecule has 0 saturated carbocycles. The summed E-state index contributed by atoms with van der Waals surface area (Å²) in [4.78, 5) is 14.5. The fourth-order valence-corrected chi connectivity index (χ4v) is 3.60. The molecule has 0 bridgehead atoms. The molecule has 6 heteroatoms. The average Bonchev–Trinajstić information content (AvgIpc) is 3.21. The minimum absolute atomic E-state index is 0.139. The van der Waals surface area contributed by atoms with Crippen LogP contribution < -0.4 is 5.32 Å². The molecule has 2 aromatic rings. The van der Waals surface area contributed by atoms with Gasteiger partial charge in [-0.3, -0.25) is 9.36 Å². The van der Waals surface area contributed by atoms with Crippen LogP contribution in [0.3, 0.4) is 0 Å². The molecular formula is C17H21N5O. The van der Waals surface area contributed by atoms with Crippen molar-refractivity contribution in [2.24, 2.45) is 0 Å². The Hall–Kier alpha value is -2.21. The number of benzene rings is 1. The largest absolute Gasteiger partial charge is 0.336 e. The summed E-state index contributed by atoms with van der Waals surface area (Å²) in [6, 6.07) is 10.1. The highest BCUT2D eigenvalue weighted by atomic mass is 16.2. The van der Waals surface area contributed by atoms with Crippen LogP contribution in [0, 0.1) is 0 Å². The summed E-state index contributed by atoms with van der Waals surface area (Å²) < 4.78 is 2.08. The third-order valence-electron chi connectivity index (χ3n) is 4.79.